The van der Waals surface area contributed by atoms with Gasteiger partial charge in [0.25, 0.3) is 5.76 Å². The fraction of sp³-hybridized carbons (Fsp3) is 0.143. The van der Waals surface area contributed by atoms with Gasteiger partial charge in [0.05, 0.1) is 5.69 Å². The van der Waals surface area contributed by atoms with Crippen LogP contribution in [0.2, 0.25) is 0 Å². The highest BCUT2D eigenvalue weighted by atomic mass is 79.9. The number of thioether (sulfide) groups is 1. The van der Waals surface area contributed by atoms with Crippen molar-refractivity contribution in [3.63, 3.8) is 0 Å². The van der Waals surface area contributed by atoms with E-state index in [0.717, 1.165) is 0 Å². The molecule has 66 valence electrons. The van der Waals surface area contributed by atoms with E-state index in [2.05, 4.69) is 15.9 Å². The van der Waals surface area contributed by atoms with Crippen LogP contribution in [0.3, 0.4) is 0 Å². The molecule has 0 aliphatic rings. The third-order valence-corrected chi connectivity index (χ3v) is 2.71. The topological polar surface area (TPSA) is 26.0 Å². The molecule has 0 bridgehead atoms. The SMILES string of the molecule is Nc1c(Br)cccc1SC(F)F. The lowest BCUT2D eigenvalue weighted by atomic mass is 10.3. The molecule has 0 fully saturated rings. The Morgan fingerprint density at radius 3 is 2.67 bits per heavy atom. The van der Waals surface area contributed by atoms with Crippen molar-refractivity contribution < 1.29 is 8.78 Å². The van der Waals surface area contributed by atoms with Crippen LogP contribution in [-0.2, 0) is 0 Å². The number of benzene rings is 1. The monoisotopic (exact) mass is 253 g/mol. The zero-order valence-corrected chi connectivity index (χ0v) is 8.33. The molecular formula is C7H6BrF2NS. The molecule has 12 heavy (non-hydrogen) atoms. The van der Waals surface area contributed by atoms with E-state index in [1.807, 2.05) is 0 Å². The van der Waals surface area contributed by atoms with E-state index in [-0.39, 0.29) is 0 Å². The van der Waals surface area contributed by atoms with E-state index < -0.39 is 5.76 Å². The normalized spacial score (nSPS) is 10.7. The number of hydrogen-bond donors (Lipinski definition) is 1. The van der Waals surface area contributed by atoms with Crippen LogP contribution in [0.4, 0.5) is 14.5 Å². The summed E-state index contributed by atoms with van der Waals surface area (Å²) in [5.74, 6) is -2.43. The van der Waals surface area contributed by atoms with Gasteiger partial charge in [-0.05, 0) is 28.1 Å². The first-order valence-corrected chi connectivity index (χ1v) is 4.77. The van der Waals surface area contributed by atoms with Crippen LogP contribution < -0.4 is 5.73 Å². The van der Waals surface area contributed by atoms with E-state index in [0.29, 0.717) is 26.8 Å². The number of para-hydroxylation sites is 1. The summed E-state index contributed by atoms with van der Waals surface area (Å²) in [4.78, 5) is 0.402. The molecule has 2 N–H and O–H groups in total. The van der Waals surface area contributed by atoms with Gasteiger partial charge in [0.1, 0.15) is 0 Å². The fourth-order valence-corrected chi connectivity index (χ4v) is 1.80. The van der Waals surface area contributed by atoms with Crippen LogP contribution in [0.25, 0.3) is 0 Å². The summed E-state index contributed by atoms with van der Waals surface area (Å²) in [5.41, 5.74) is 5.89. The smallest absolute Gasteiger partial charge is 0.288 e. The van der Waals surface area contributed by atoms with Gasteiger partial charge in [-0.3, -0.25) is 0 Å². The minimum atomic E-state index is -2.43. The van der Waals surface area contributed by atoms with Gasteiger partial charge >= 0.3 is 0 Å². The van der Waals surface area contributed by atoms with Crippen molar-refractivity contribution in [2.75, 3.05) is 5.73 Å². The fourth-order valence-electron chi connectivity index (χ4n) is 0.716. The number of nitrogen functional groups attached to an aromatic ring is 1. The predicted octanol–water partition coefficient (Wildman–Crippen LogP) is 3.35. The van der Waals surface area contributed by atoms with Crippen LogP contribution in [-0.4, -0.2) is 5.76 Å². The Balaban J connectivity index is 2.92. The predicted molar refractivity (Wildman–Crippen MR) is 50.4 cm³/mol. The van der Waals surface area contributed by atoms with Gasteiger partial charge < -0.3 is 5.73 Å². The Bertz CT molecular complexity index is 280. The number of rotatable bonds is 2. The van der Waals surface area contributed by atoms with E-state index in [1.54, 1.807) is 18.2 Å². The molecule has 1 rings (SSSR count). The summed E-state index contributed by atoms with van der Waals surface area (Å²) >= 11 is 3.60. The standard InChI is InChI=1S/C7H6BrF2NS/c8-4-2-1-3-5(6(4)11)12-7(9)10/h1-3,7H,11H2. The minimum Gasteiger partial charge on any atom is -0.397 e. The van der Waals surface area contributed by atoms with Gasteiger partial charge in [-0.2, -0.15) is 8.78 Å². The van der Waals surface area contributed by atoms with E-state index in [1.165, 1.54) is 0 Å². The van der Waals surface area contributed by atoms with E-state index >= 15 is 0 Å². The summed E-state index contributed by atoms with van der Waals surface area (Å²) in [6.07, 6.45) is 0. The van der Waals surface area contributed by atoms with Crippen molar-refractivity contribution in [1.82, 2.24) is 0 Å². The summed E-state index contributed by atoms with van der Waals surface area (Å²) in [6, 6.07) is 4.95. The Morgan fingerprint density at radius 2 is 2.08 bits per heavy atom. The maximum Gasteiger partial charge on any atom is 0.288 e. The number of halogens is 3. The Labute approximate surface area is 81.5 Å². The Hall–Kier alpha value is -0.290. The molecule has 0 saturated carbocycles. The molecule has 1 aromatic rings. The lowest BCUT2D eigenvalue weighted by Gasteiger charge is -2.05. The second-order valence-corrected chi connectivity index (χ2v) is 3.92. The zero-order valence-electron chi connectivity index (χ0n) is 5.93. The molecule has 0 spiro atoms. The van der Waals surface area contributed by atoms with Crippen molar-refractivity contribution in [3.05, 3.63) is 22.7 Å². The maximum absolute atomic E-state index is 11.9. The molecule has 0 aliphatic carbocycles. The van der Waals surface area contributed by atoms with Crippen molar-refractivity contribution >= 4 is 33.4 Å². The highest BCUT2D eigenvalue weighted by Crippen LogP contribution is 2.34. The lowest BCUT2D eigenvalue weighted by Crippen LogP contribution is -1.91. The van der Waals surface area contributed by atoms with Crippen molar-refractivity contribution in [2.24, 2.45) is 0 Å². The van der Waals surface area contributed by atoms with Gasteiger partial charge in [0.2, 0.25) is 0 Å². The second-order valence-electron chi connectivity index (χ2n) is 2.03. The van der Waals surface area contributed by atoms with Crippen LogP contribution in [0.15, 0.2) is 27.6 Å². The van der Waals surface area contributed by atoms with Crippen LogP contribution in [0, 0.1) is 0 Å². The first-order valence-electron chi connectivity index (χ1n) is 3.10. The molecular weight excluding hydrogens is 248 g/mol. The van der Waals surface area contributed by atoms with Crippen molar-refractivity contribution in [3.8, 4) is 0 Å². The third kappa shape index (κ3) is 2.35. The van der Waals surface area contributed by atoms with Crippen LogP contribution >= 0.6 is 27.7 Å². The molecule has 0 aliphatic heterocycles. The van der Waals surface area contributed by atoms with Crippen molar-refractivity contribution in [1.29, 1.82) is 0 Å². The lowest BCUT2D eigenvalue weighted by molar-refractivity contribution is 0.252. The summed E-state index contributed by atoms with van der Waals surface area (Å²) in [6.45, 7) is 0. The average Bonchev–Trinajstić information content (AvgIpc) is 1.98. The molecule has 0 atom stereocenters. The third-order valence-electron chi connectivity index (χ3n) is 1.23. The maximum atomic E-state index is 11.9. The number of hydrogen-bond acceptors (Lipinski definition) is 2. The highest BCUT2D eigenvalue weighted by Gasteiger charge is 2.09. The molecule has 0 aromatic heterocycles. The summed E-state index contributed by atoms with van der Waals surface area (Å²) in [5, 5.41) is 0. The first kappa shape index (κ1) is 9.80. The molecule has 1 aromatic carbocycles. The van der Waals surface area contributed by atoms with Gasteiger partial charge in [0, 0.05) is 9.37 Å². The molecule has 5 heteroatoms. The number of alkyl halides is 2. The molecule has 0 unspecified atom stereocenters. The zero-order chi connectivity index (χ0) is 9.14. The van der Waals surface area contributed by atoms with E-state index in [4.69, 9.17) is 5.73 Å². The van der Waals surface area contributed by atoms with Gasteiger partial charge in [-0.25, -0.2) is 0 Å². The highest BCUT2D eigenvalue weighted by molar-refractivity contribution is 9.10. The summed E-state index contributed by atoms with van der Waals surface area (Å²) in [7, 11) is 0. The van der Waals surface area contributed by atoms with Crippen LogP contribution in [0.1, 0.15) is 0 Å². The summed E-state index contributed by atoms with van der Waals surface area (Å²) < 4.78 is 24.5. The molecule has 0 heterocycles. The van der Waals surface area contributed by atoms with Crippen molar-refractivity contribution in [2.45, 2.75) is 10.7 Å². The van der Waals surface area contributed by atoms with Gasteiger partial charge in [-0.1, -0.05) is 17.8 Å². The second kappa shape index (κ2) is 4.09. The van der Waals surface area contributed by atoms with Gasteiger partial charge in [0.15, 0.2) is 0 Å². The number of anilines is 1. The average molecular weight is 254 g/mol. The quantitative estimate of drug-likeness (QED) is 0.647. The minimum absolute atomic E-state index is 0.364. The molecule has 0 saturated heterocycles. The number of nitrogens with two attached hydrogens (primary N) is 1. The molecule has 0 radical (unpaired) electrons. The first-order chi connectivity index (χ1) is 5.61. The largest absolute Gasteiger partial charge is 0.397 e. The Morgan fingerprint density at radius 1 is 1.42 bits per heavy atom. The van der Waals surface area contributed by atoms with Crippen LogP contribution in [0.5, 0.6) is 0 Å². The van der Waals surface area contributed by atoms with E-state index in [9.17, 15) is 8.78 Å². The molecule has 0 amide bonds. The Kier molecular flexibility index (Phi) is 3.34. The molecule has 1 nitrogen and oxygen atoms in total. The van der Waals surface area contributed by atoms with Gasteiger partial charge in [-0.15, -0.1) is 0 Å².